The van der Waals surface area contributed by atoms with Crippen LogP contribution >= 0.6 is 0 Å². The molecule has 1 aliphatic carbocycles. The number of rotatable bonds is 2. The van der Waals surface area contributed by atoms with Gasteiger partial charge in [-0.25, -0.2) is 0 Å². The lowest BCUT2D eigenvalue weighted by Gasteiger charge is -2.41. The van der Waals surface area contributed by atoms with Crippen LogP contribution in [-0.2, 0) is 9.47 Å². The van der Waals surface area contributed by atoms with E-state index in [2.05, 4.69) is 12.4 Å². The molecule has 0 bridgehead atoms. The van der Waals surface area contributed by atoms with Gasteiger partial charge in [0.2, 0.25) is 0 Å². The highest BCUT2D eigenvalue weighted by Gasteiger charge is 2.44. The summed E-state index contributed by atoms with van der Waals surface area (Å²) in [6.45, 7) is 2.67. The van der Waals surface area contributed by atoms with E-state index in [9.17, 15) is 0 Å². The lowest BCUT2D eigenvalue weighted by atomic mass is 9.76. The Balaban J connectivity index is 1.67. The Labute approximate surface area is 104 Å². The molecular weight excluding hydrogens is 214 g/mol. The molecule has 1 N–H and O–H groups in total. The van der Waals surface area contributed by atoms with Gasteiger partial charge in [-0.2, -0.15) is 0 Å². The lowest BCUT2D eigenvalue weighted by Crippen LogP contribution is -2.45. The van der Waals surface area contributed by atoms with Crippen molar-refractivity contribution in [1.82, 2.24) is 5.32 Å². The molecule has 0 aromatic carbocycles. The van der Waals surface area contributed by atoms with Crippen molar-refractivity contribution < 1.29 is 9.47 Å². The molecular formula is C14H25NO2. The van der Waals surface area contributed by atoms with Gasteiger partial charge in [-0.3, -0.25) is 0 Å². The van der Waals surface area contributed by atoms with E-state index < -0.39 is 0 Å². The van der Waals surface area contributed by atoms with Crippen molar-refractivity contribution in [2.75, 3.05) is 26.9 Å². The summed E-state index contributed by atoms with van der Waals surface area (Å²) in [5.74, 6) is 1.73. The summed E-state index contributed by atoms with van der Waals surface area (Å²) in [6.07, 6.45) is 7.77. The highest BCUT2D eigenvalue weighted by molar-refractivity contribution is 4.95. The molecule has 3 heteroatoms. The van der Waals surface area contributed by atoms with E-state index in [1.807, 2.05) is 0 Å². The SMILES string of the molecule is CNC1CCCC1C1CCOC2(CCOC2)C1. The van der Waals surface area contributed by atoms with Crippen LogP contribution in [0.15, 0.2) is 0 Å². The van der Waals surface area contributed by atoms with Crippen LogP contribution in [0.3, 0.4) is 0 Å². The average molecular weight is 239 g/mol. The van der Waals surface area contributed by atoms with Gasteiger partial charge in [-0.05, 0) is 44.6 Å². The van der Waals surface area contributed by atoms with Gasteiger partial charge in [0.25, 0.3) is 0 Å². The molecule has 4 atom stereocenters. The Kier molecular flexibility index (Phi) is 3.42. The molecule has 3 fully saturated rings. The first-order chi connectivity index (χ1) is 8.33. The normalized spacial score (nSPS) is 46.8. The topological polar surface area (TPSA) is 30.5 Å². The molecule has 3 rings (SSSR count). The van der Waals surface area contributed by atoms with Gasteiger partial charge in [0.15, 0.2) is 0 Å². The van der Waals surface area contributed by atoms with Crippen LogP contribution in [0.1, 0.15) is 38.5 Å². The van der Waals surface area contributed by atoms with Crippen molar-refractivity contribution in [3.05, 3.63) is 0 Å². The summed E-state index contributed by atoms with van der Waals surface area (Å²) in [5.41, 5.74) is 0.0871. The third-order valence-corrected chi connectivity index (χ3v) is 5.14. The smallest absolute Gasteiger partial charge is 0.0939 e. The minimum Gasteiger partial charge on any atom is -0.378 e. The minimum absolute atomic E-state index is 0.0871. The highest BCUT2D eigenvalue weighted by Crippen LogP contribution is 2.43. The zero-order chi connectivity index (χ0) is 11.7. The monoisotopic (exact) mass is 239 g/mol. The summed E-state index contributed by atoms with van der Waals surface area (Å²) >= 11 is 0. The second kappa shape index (κ2) is 4.87. The van der Waals surface area contributed by atoms with E-state index in [-0.39, 0.29) is 5.60 Å². The summed E-state index contributed by atoms with van der Waals surface area (Å²) in [6, 6.07) is 0.748. The molecule has 3 aliphatic rings. The fourth-order valence-corrected chi connectivity index (χ4v) is 4.21. The van der Waals surface area contributed by atoms with Gasteiger partial charge in [0.1, 0.15) is 0 Å². The van der Waals surface area contributed by atoms with E-state index in [0.29, 0.717) is 0 Å². The number of hydrogen-bond donors (Lipinski definition) is 1. The molecule has 0 radical (unpaired) electrons. The molecule has 4 unspecified atom stereocenters. The quantitative estimate of drug-likeness (QED) is 0.799. The van der Waals surface area contributed by atoms with Gasteiger partial charge < -0.3 is 14.8 Å². The Hall–Kier alpha value is -0.120. The Bertz CT molecular complexity index is 263. The lowest BCUT2D eigenvalue weighted by molar-refractivity contribution is -0.107. The predicted molar refractivity (Wildman–Crippen MR) is 67.0 cm³/mol. The fourth-order valence-electron chi connectivity index (χ4n) is 4.21. The zero-order valence-corrected chi connectivity index (χ0v) is 10.9. The van der Waals surface area contributed by atoms with Crippen LogP contribution in [0.25, 0.3) is 0 Å². The standard InChI is InChI=1S/C14H25NO2/c1-15-13-4-2-3-12(13)11-5-7-17-14(9-11)6-8-16-10-14/h11-13,15H,2-10H2,1H3. The Morgan fingerprint density at radius 3 is 2.88 bits per heavy atom. The minimum atomic E-state index is 0.0871. The molecule has 1 saturated carbocycles. The van der Waals surface area contributed by atoms with Crippen molar-refractivity contribution in [3.63, 3.8) is 0 Å². The highest BCUT2D eigenvalue weighted by atomic mass is 16.6. The second-order valence-electron chi connectivity index (χ2n) is 6.08. The third-order valence-electron chi connectivity index (χ3n) is 5.14. The average Bonchev–Trinajstić information content (AvgIpc) is 2.98. The van der Waals surface area contributed by atoms with Crippen LogP contribution in [0.5, 0.6) is 0 Å². The second-order valence-corrected chi connectivity index (χ2v) is 6.08. The third kappa shape index (κ3) is 2.25. The summed E-state index contributed by atoms with van der Waals surface area (Å²) in [7, 11) is 2.12. The van der Waals surface area contributed by atoms with E-state index in [1.165, 1.54) is 32.1 Å². The van der Waals surface area contributed by atoms with Gasteiger partial charge in [-0.15, -0.1) is 0 Å². The number of ether oxygens (including phenoxy) is 2. The Morgan fingerprint density at radius 1 is 1.18 bits per heavy atom. The molecule has 2 saturated heterocycles. The van der Waals surface area contributed by atoms with Gasteiger partial charge in [0.05, 0.1) is 12.2 Å². The summed E-state index contributed by atoms with van der Waals surface area (Å²) in [4.78, 5) is 0. The van der Waals surface area contributed by atoms with E-state index in [4.69, 9.17) is 9.47 Å². The zero-order valence-electron chi connectivity index (χ0n) is 10.9. The van der Waals surface area contributed by atoms with Crippen LogP contribution in [0.4, 0.5) is 0 Å². The van der Waals surface area contributed by atoms with Gasteiger partial charge in [-0.1, -0.05) is 6.42 Å². The van der Waals surface area contributed by atoms with Gasteiger partial charge in [0, 0.05) is 25.7 Å². The van der Waals surface area contributed by atoms with Crippen LogP contribution < -0.4 is 5.32 Å². The van der Waals surface area contributed by atoms with E-state index in [1.54, 1.807) is 0 Å². The predicted octanol–water partition coefficient (Wildman–Crippen LogP) is 1.96. The fraction of sp³-hybridized carbons (Fsp3) is 1.00. The maximum absolute atomic E-state index is 6.04. The molecule has 2 heterocycles. The molecule has 17 heavy (non-hydrogen) atoms. The van der Waals surface area contributed by atoms with Gasteiger partial charge >= 0.3 is 0 Å². The van der Waals surface area contributed by atoms with E-state index in [0.717, 1.165) is 44.1 Å². The van der Waals surface area contributed by atoms with Crippen molar-refractivity contribution in [3.8, 4) is 0 Å². The summed E-state index contributed by atoms with van der Waals surface area (Å²) in [5, 5.41) is 3.52. The maximum Gasteiger partial charge on any atom is 0.0939 e. The molecule has 0 aromatic rings. The summed E-state index contributed by atoms with van der Waals surface area (Å²) < 4.78 is 11.6. The first kappa shape index (κ1) is 11.9. The largest absolute Gasteiger partial charge is 0.378 e. The molecule has 3 nitrogen and oxygen atoms in total. The van der Waals surface area contributed by atoms with Crippen molar-refractivity contribution in [2.24, 2.45) is 11.8 Å². The van der Waals surface area contributed by atoms with Crippen LogP contribution in [0.2, 0.25) is 0 Å². The number of hydrogen-bond acceptors (Lipinski definition) is 3. The number of nitrogens with one attached hydrogen (secondary N) is 1. The van der Waals surface area contributed by atoms with Crippen molar-refractivity contribution in [1.29, 1.82) is 0 Å². The van der Waals surface area contributed by atoms with Crippen LogP contribution in [-0.4, -0.2) is 38.5 Å². The first-order valence-electron chi connectivity index (χ1n) is 7.22. The first-order valence-corrected chi connectivity index (χ1v) is 7.22. The maximum atomic E-state index is 6.04. The van der Waals surface area contributed by atoms with Crippen molar-refractivity contribution >= 4 is 0 Å². The van der Waals surface area contributed by atoms with Crippen LogP contribution in [0, 0.1) is 11.8 Å². The van der Waals surface area contributed by atoms with Crippen molar-refractivity contribution in [2.45, 2.75) is 50.2 Å². The van der Waals surface area contributed by atoms with E-state index >= 15 is 0 Å². The molecule has 0 amide bonds. The Morgan fingerprint density at radius 2 is 2.12 bits per heavy atom. The molecule has 98 valence electrons. The molecule has 1 spiro atoms. The molecule has 0 aromatic heterocycles. The molecule has 2 aliphatic heterocycles.